The van der Waals surface area contributed by atoms with Crippen LogP contribution >= 0.6 is 46.4 Å². The molecule has 0 aromatic heterocycles. The van der Waals surface area contributed by atoms with E-state index in [1.165, 1.54) is 0 Å². The fourth-order valence-corrected chi connectivity index (χ4v) is 3.32. The SMILES string of the molecule is N[C@@H]1C(=O)N(c2ccc(Cl)c(Cl)c2)[C@H]1c1ccc(Cl)cc1Cl. The van der Waals surface area contributed by atoms with Crippen molar-refractivity contribution in [1.82, 2.24) is 0 Å². The third kappa shape index (κ3) is 2.57. The average molecular weight is 376 g/mol. The van der Waals surface area contributed by atoms with E-state index < -0.39 is 6.04 Å². The van der Waals surface area contributed by atoms with Gasteiger partial charge < -0.3 is 10.6 Å². The summed E-state index contributed by atoms with van der Waals surface area (Å²) in [7, 11) is 0. The van der Waals surface area contributed by atoms with Crippen LogP contribution in [0.25, 0.3) is 0 Å². The Kier molecular flexibility index (Phi) is 4.27. The van der Waals surface area contributed by atoms with Gasteiger partial charge in [-0.1, -0.05) is 52.5 Å². The molecule has 0 aliphatic carbocycles. The molecule has 2 atom stereocenters. The summed E-state index contributed by atoms with van der Waals surface area (Å²) in [5.41, 5.74) is 7.32. The third-order valence-electron chi connectivity index (χ3n) is 3.60. The van der Waals surface area contributed by atoms with Crippen LogP contribution < -0.4 is 10.6 Å². The minimum absolute atomic E-state index is 0.200. The van der Waals surface area contributed by atoms with Crippen molar-refractivity contribution in [3.05, 3.63) is 62.1 Å². The van der Waals surface area contributed by atoms with E-state index in [-0.39, 0.29) is 11.9 Å². The Labute approximate surface area is 147 Å². The van der Waals surface area contributed by atoms with Gasteiger partial charge in [-0.3, -0.25) is 4.79 Å². The van der Waals surface area contributed by atoms with Gasteiger partial charge in [-0.25, -0.2) is 0 Å². The van der Waals surface area contributed by atoms with Gasteiger partial charge >= 0.3 is 0 Å². The summed E-state index contributed by atoms with van der Waals surface area (Å²) < 4.78 is 0. The van der Waals surface area contributed by atoms with Gasteiger partial charge in [0.15, 0.2) is 0 Å². The Balaban J connectivity index is 2.02. The summed E-state index contributed by atoms with van der Waals surface area (Å²) in [6.45, 7) is 0. The molecule has 22 heavy (non-hydrogen) atoms. The Morgan fingerprint density at radius 3 is 2.27 bits per heavy atom. The fourth-order valence-electron chi connectivity index (χ4n) is 2.51. The highest BCUT2D eigenvalue weighted by Crippen LogP contribution is 2.42. The first-order valence-electron chi connectivity index (χ1n) is 6.39. The van der Waals surface area contributed by atoms with Crippen molar-refractivity contribution in [3.8, 4) is 0 Å². The highest BCUT2D eigenvalue weighted by atomic mass is 35.5. The van der Waals surface area contributed by atoms with Crippen molar-refractivity contribution in [2.75, 3.05) is 4.90 Å². The van der Waals surface area contributed by atoms with Crippen molar-refractivity contribution in [1.29, 1.82) is 0 Å². The van der Waals surface area contributed by atoms with Gasteiger partial charge in [-0.15, -0.1) is 0 Å². The molecule has 2 aromatic rings. The molecule has 3 nitrogen and oxygen atoms in total. The second-order valence-corrected chi connectivity index (χ2v) is 6.60. The lowest BCUT2D eigenvalue weighted by molar-refractivity contribution is -0.126. The summed E-state index contributed by atoms with van der Waals surface area (Å²) in [6.07, 6.45) is 0. The summed E-state index contributed by atoms with van der Waals surface area (Å²) in [5.74, 6) is -0.200. The quantitative estimate of drug-likeness (QED) is 0.772. The summed E-state index contributed by atoms with van der Waals surface area (Å²) in [4.78, 5) is 13.7. The number of benzene rings is 2. The van der Waals surface area contributed by atoms with Crippen LogP contribution in [0.5, 0.6) is 0 Å². The molecule has 1 fully saturated rings. The molecule has 1 saturated heterocycles. The van der Waals surface area contributed by atoms with Crippen molar-refractivity contribution in [3.63, 3.8) is 0 Å². The van der Waals surface area contributed by atoms with E-state index in [1.807, 2.05) is 0 Å². The van der Waals surface area contributed by atoms with Crippen LogP contribution in [0.4, 0.5) is 5.69 Å². The topological polar surface area (TPSA) is 46.3 Å². The highest BCUT2D eigenvalue weighted by Gasteiger charge is 2.47. The number of carbonyl (C=O) groups excluding carboxylic acids is 1. The molecule has 0 spiro atoms. The summed E-state index contributed by atoms with van der Waals surface area (Å²) in [6, 6.07) is 9.07. The molecule has 0 radical (unpaired) electrons. The van der Waals surface area contributed by atoms with Gasteiger partial charge in [0.2, 0.25) is 5.91 Å². The normalized spacial score (nSPS) is 21.0. The highest BCUT2D eigenvalue weighted by molar-refractivity contribution is 6.42. The molecule has 1 amide bonds. The van der Waals surface area contributed by atoms with Gasteiger partial charge in [0.05, 0.1) is 16.1 Å². The lowest BCUT2D eigenvalue weighted by Crippen LogP contribution is -2.63. The Morgan fingerprint density at radius 2 is 1.64 bits per heavy atom. The maximum atomic E-state index is 12.2. The molecule has 3 rings (SSSR count). The lowest BCUT2D eigenvalue weighted by atomic mass is 9.88. The maximum absolute atomic E-state index is 12.2. The smallest absolute Gasteiger partial charge is 0.247 e. The molecule has 0 unspecified atom stereocenters. The molecular weight excluding hydrogens is 366 g/mol. The molecule has 2 aromatic carbocycles. The number of rotatable bonds is 2. The monoisotopic (exact) mass is 374 g/mol. The van der Waals surface area contributed by atoms with Gasteiger partial charge in [0.1, 0.15) is 6.04 Å². The Bertz CT molecular complexity index is 765. The number of β-lactam (4-membered cyclic amide) rings is 1. The minimum Gasteiger partial charge on any atom is -0.318 e. The molecule has 7 heteroatoms. The van der Waals surface area contributed by atoms with Crippen molar-refractivity contribution in [2.24, 2.45) is 5.73 Å². The van der Waals surface area contributed by atoms with Crippen LogP contribution in [0.3, 0.4) is 0 Å². The van der Waals surface area contributed by atoms with Crippen LogP contribution in [0.1, 0.15) is 11.6 Å². The van der Waals surface area contributed by atoms with E-state index in [1.54, 1.807) is 41.3 Å². The number of nitrogens with two attached hydrogens (primary N) is 1. The fraction of sp³-hybridized carbons (Fsp3) is 0.133. The van der Waals surface area contributed by atoms with Crippen LogP contribution in [0, 0.1) is 0 Å². The molecule has 2 N–H and O–H groups in total. The maximum Gasteiger partial charge on any atom is 0.247 e. The van der Waals surface area contributed by atoms with E-state index in [9.17, 15) is 4.79 Å². The number of hydrogen-bond donors (Lipinski definition) is 1. The molecule has 1 heterocycles. The standard InChI is InChI=1S/C15H10Cl4N2O/c16-7-1-3-9(11(18)5-7)14-13(20)15(22)21(14)8-2-4-10(17)12(19)6-8/h1-6,13-14H,20H2/t13-,14-/m0/s1. The number of halogens is 4. The predicted molar refractivity (Wildman–Crippen MR) is 91.1 cm³/mol. The first-order chi connectivity index (χ1) is 10.4. The van der Waals surface area contributed by atoms with Crippen molar-refractivity contribution < 1.29 is 4.79 Å². The average Bonchev–Trinajstić information content (AvgIpc) is 2.48. The largest absolute Gasteiger partial charge is 0.318 e. The predicted octanol–water partition coefficient (Wildman–Crippen LogP) is 4.72. The Morgan fingerprint density at radius 1 is 0.909 bits per heavy atom. The van der Waals surface area contributed by atoms with E-state index in [4.69, 9.17) is 52.1 Å². The van der Waals surface area contributed by atoms with E-state index in [2.05, 4.69) is 0 Å². The third-order valence-corrected chi connectivity index (χ3v) is 4.90. The molecule has 114 valence electrons. The van der Waals surface area contributed by atoms with Crippen molar-refractivity contribution >= 4 is 58.0 Å². The van der Waals surface area contributed by atoms with E-state index in [0.717, 1.165) is 5.56 Å². The zero-order valence-corrected chi connectivity index (χ0v) is 14.1. The van der Waals surface area contributed by atoms with E-state index >= 15 is 0 Å². The summed E-state index contributed by atoms with van der Waals surface area (Å²) in [5, 5.41) is 1.77. The molecule has 0 saturated carbocycles. The first kappa shape index (κ1) is 15.9. The van der Waals surface area contributed by atoms with Crippen molar-refractivity contribution in [2.45, 2.75) is 12.1 Å². The number of anilines is 1. The summed E-state index contributed by atoms with van der Waals surface area (Å²) >= 11 is 24.1. The molecule has 1 aliphatic heterocycles. The molecule has 1 aliphatic rings. The van der Waals surface area contributed by atoms with Crippen LogP contribution in [0.15, 0.2) is 36.4 Å². The van der Waals surface area contributed by atoms with Gasteiger partial charge in [0.25, 0.3) is 0 Å². The van der Waals surface area contributed by atoms with Gasteiger partial charge in [-0.2, -0.15) is 0 Å². The zero-order chi connectivity index (χ0) is 16.0. The minimum atomic E-state index is -0.659. The lowest BCUT2D eigenvalue weighted by Gasteiger charge is -2.46. The Hall–Kier alpha value is -0.970. The van der Waals surface area contributed by atoms with Crippen LogP contribution in [-0.2, 0) is 4.79 Å². The van der Waals surface area contributed by atoms with Gasteiger partial charge in [0, 0.05) is 15.7 Å². The zero-order valence-electron chi connectivity index (χ0n) is 11.1. The van der Waals surface area contributed by atoms with Crippen LogP contribution in [-0.4, -0.2) is 11.9 Å². The molecule has 0 bridgehead atoms. The van der Waals surface area contributed by atoms with Crippen LogP contribution in [0.2, 0.25) is 20.1 Å². The first-order valence-corrected chi connectivity index (χ1v) is 7.90. The number of carbonyl (C=O) groups is 1. The van der Waals surface area contributed by atoms with E-state index in [0.29, 0.717) is 25.8 Å². The second kappa shape index (κ2) is 5.91. The number of hydrogen-bond acceptors (Lipinski definition) is 2. The molecular formula is C15H10Cl4N2O. The van der Waals surface area contributed by atoms with Gasteiger partial charge in [-0.05, 0) is 35.9 Å². The second-order valence-electron chi connectivity index (χ2n) is 4.94. The number of amides is 1. The number of nitrogens with zero attached hydrogens (tertiary/aromatic N) is 1.